The summed E-state index contributed by atoms with van der Waals surface area (Å²) in [7, 11) is 0. The summed E-state index contributed by atoms with van der Waals surface area (Å²) < 4.78 is 34.6. The van der Waals surface area contributed by atoms with E-state index >= 15 is 0 Å². The van der Waals surface area contributed by atoms with Crippen LogP contribution in [0.3, 0.4) is 0 Å². The van der Waals surface area contributed by atoms with Crippen molar-refractivity contribution < 1.29 is 33.0 Å². The van der Waals surface area contributed by atoms with E-state index in [1.165, 1.54) is 6.20 Å². The molecule has 216 valence electrons. The summed E-state index contributed by atoms with van der Waals surface area (Å²) in [5.41, 5.74) is 2.17. The molecule has 0 radical (unpaired) electrons. The number of aromatic nitrogens is 1. The minimum atomic E-state index is -3.33. The highest BCUT2D eigenvalue weighted by Gasteiger charge is 2.51. The summed E-state index contributed by atoms with van der Waals surface area (Å²) in [5, 5.41) is 16.3. The zero-order chi connectivity index (χ0) is 29.4. The first-order valence-corrected chi connectivity index (χ1v) is 13.2. The predicted molar refractivity (Wildman–Crippen MR) is 146 cm³/mol. The highest BCUT2D eigenvalue weighted by molar-refractivity contribution is 5.91. The van der Waals surface area contributed by atoms with Crippen LogP contribution in [-0.4, -0.2) is 70.0 Å². The van der Waals surface area contributed by atoms with Gasteiger partial charge in [-0.1, -0.05) is 54.6 Å². The van der Waals surface area contributed by atoms with Crippen LogP contribution in [0, 0.1) is 6.92 Å². The molecule has 3 atom stereocenters. The lowest BCUT2D eigenvalue weighted by atomic mass is 9.99. The Morgan fingerprint density at radius 2 is 1.78 bits per heavy atom. The Kier molecular flexibility index (Phi) is 9.61. The van der Waals surface area contributed by atoms with Crippen LogP contribution in [0.25, 0.3) is 0 Å². The van der Waals surface area contributed by atoms with Gasteiger partial charge >= 0.3 is 0 Å². The molecule has 0 saturated carbocycles. The molecule has 1 aromatic heterocycles. The van der Waals surface area contributed by atoms with E-state index in [2.05, 4.69) is 15.6 Å². The maximum absolute atomic E-state index is 14.5. The highest BCUT2D eigenvalue weighted by atomic mass is 19.3. The molecule has 1 fully saturated rings. The lowest BCUT2D eigenvalue weighted by Gasteiger charge is -2.30. The molecule has 11 heteroatoms. The van der Waals surface area contributed by atoms with Crippen LogP contribution >= 0.6 is 0 Å². The smallest absolute Gasteiger partial charge is 0.267 e. The summed E-state index contributed by atoms with van der Waals surface area (Å²) in [4.78, 5) is 43.8. The first kappa shape index (κ1) is 29.6. The zero-order valence-corrected chi connectivity index (χ0v) is 22.5. The summed E-state index contributed by atoms with van der Waals surface area (Å²) in [6.45, 7) is 0.435. The molecule has 3 amide bonds. The van der Waals surface area contributed by atoms with Crippen LogP contribution < -0.4 is 15.4 Å². The van der Waals surface area contributed by atoms with Crippen molar-refractivity contribution in [3.8, 4) is 5.75 Å². The van der Waals surface area contributed by atoms with E-state index in [4.69, 9.17) is 4.74 Å². The third-order valence-corrected chi connectivity index (χ3v) is 6.78. The molecular weight excluding hydrogens is 534 g/mol. The van der Waals surface area contributed by atoms with Crippen LogP contribution in [0.5, 0.6) is 5.75 Å². The molecule has 4 rings (SSSR count). The number of aliphatic hydroxyl groups is 1. The van der Waals surface area contributed by atoms with Gasteiger partial charge in [0.05, 0.1) is 12.6 Å². The number of likely N-dealkylation sites (tertiary alicyclic amines) is 1. The number of aryl methyl sites for hydroxylation is 1. The largest absolute Gasteiger partial charge is 0.484 e. The van der Waals surface area contributed by atoms with Gasteiger partial charge in [0.15, 0.2) is 12.7 Å². The Hall–Kier alpha value is -4.38. The van der Waals surface area contributed by atoms with Crippen LogP contribution in [0.1, 0.15) is 23.1 Å². The molecule has 2 aromatic carbocycles. The summed E-state index contributed by atoms with van der Waals surface area (Å²) >= 11 is 0. The number of amides is 3. The first-order chi connectivity index (χ1) is 19.6. The average Bonchev–Trinajstić information content (AvgIpc) is 3.30. The van der Waals surface area contributed by atoms with Gasteiger partial charge < -0.3 is 25.4 Å². The van der Waals surface area contributed by atoms with Crippen molar-refractivity contribution >= 4 is 17.7 Å². The lowest BCUT2D eigenvalue weighted by molar-refractivity contribution is -0.147. The van der Waals surface area contributed by atoms with Crippen molar-refractivity contribution in [1.29, 1.82) is 0 Å². The molecule has 41 heavy (non-hydrogen) atoms. The molecule has 1 saturated heterocycles. The molecular formula is C30H32F2N4O5. The maximum Gasteiger partial charge on any atom is 0.267 e. The SMILES string of the molecule is Cc1ccccc1OCC(=O)NC(Cc1ccccc1)C(O)C(=O)N1CC(F)(F)CC1C(=O)NCc1cccnc1. The zero-order valence-electron chi connectivity index (χ0n) is 22.5. The second-order valence-corrected chi connectivity index (χ2v) is 9.98. The van der Waals surface area contributed by atoms with E-state index in [9.17, 15) is 28.3 Å². The molecule has 1 aliphatic rings. The Balaban J connectivity index is 1.47. The summed E-state index contributed by atoms with van der Waals surface area (Å²) in [6.07, 6.45) is 0.330. The maximum atomic E-state index is 14.5. The number of carbonyl (C=O) groups is 3. The topological polar surface area (TPSA) is 121 Å². The predicted octanol–water partition coefficient (Wildman–Crippen LogP) is 2.41. The summed E-state index contributed by atoms with van der Waals surface area (Å²) in [6, 6.07) is 16.6. The summed E-state index contributed by atoms with van der Waals surface area (Å²) in [5.74, 6) is -5.30. The number of nitrogens with one attached hydrogen (secondary N) is 2. The van der Waals surface area contributed by atoms with Crippen molar-refractivity contribution in [3.63, 3.8) is 0 Å². The molecule has 0 bridgehead atoms. The van der Waals surface area contributed by atoms with Crippen LogP contribution in [0.15, 0.2) is 79.1 Å². The Morgan fingerprint density at radius 1 is 1.07 bits per heavy atom. The fraction of sp³-hybridized carbons (Fsp3) is 0.333. The van der Waals surface area contributed by atoms with E-state index < -0.39 is 61.4 Å². The number of carbonyl (C=O) groups excluding carboxylic acids is 3. The molecule has 3 aromatic rings. The number of aliphatic hydroxyl groups excluding tert-OH is 1. The second-order valence-electron chi connectivity index (χ2n) is 9.98. The third kappa shape index (κ3) is 8.07. The number of ether oxygens (including phenoxy) is 1. The molecule has 2 heterocycles. The van der Waals surface area contributed by atoms with Crippen molar-refractivity contribution in [1.82, 2.24) is 20.5 Å². The standard InChI is InChI=1S/C30H32F2N4O5/c1-20-8-5-6-12-25(20)41-18-26(37)35-23(14-21-9-3-2-4-10-21)27(38)29(40)36-19-30(31,32)15-24(36)28(39)34-17-22-11-7-13-33-16-22/h2-13,16,23-24,27,38H,14-15,17-19H2,1H3,(H,34,39)(H,35,37). The number of hydrogen-bond acceptors (Lipinski definition) is 6. The van der Waals surface area contributed by atoms with Crippen molar-refractivity contribution in [2.45, 2.75) is 50.4 Å². The minimum Gasteiger partial charge on any atom is -0.484 e. The van der Waals surface area contributed by atoms with E-state index in [0.29, 0.717) is 21.8 Å². The molecule has 3 N–H and O–H groups in total. The molecule has 3 unspecified atom stereocenters. The average molecular weight is 567 g/mol. The lowest BCUT2D eigenvalue weighted by Crippen LogP contribution is -2.56. The number of para-hydroxylation sites is 1. The minimum absolute atomic E-state index is 0.0337. The third-order valence-electron chi connectivity index (χ3n) is 6.78. The van der Waals surface area contributed by atoms with Gasteiger partial charge in [-0.15, -0.1) is 0 Å². The number of benzene rings is 2. The number of nitrogens with zero attached hydrogens (tertiary/aromatic N) is 2. The fourth-order valence-electron chi connectivity index (χ4n) is 4.65. The van der Waals surface area contributed by atoms with Gasteiger partial charge in [0.2, 0.25) is 5.91 Å². The van der Waals surface area contributed by atoms with Gasteiger partial charge in [0.25, 0.3) is 17.7 Å². The molecule has 9 nitrogen and oxygen atoms in total. The number of rotatable bonds is 11. The Labute approximate surface area is 236 Å². The monoisotopic (exact) mass is 566 g/mol. The van der Waals surface area contributed by atoms with Crippen molar-refractivity contribution in [2.75, 3.05) is 13.2 Å². The number of halogens is 2. The Bertz CT molecular complexity index is 1340. The van der Waals surface area contributed by atoms with Crippen molar-refractivity contribution in [3.05, 3.63) is 95.8 Å². The molecule has 1 aliphatic heterocycles. The van der Waals surface area contributed by atoms with Gasteiger partial charge in [0.1, 0.15) is 11.8 Å². The van der Waals surface area contributed by atoms with Gasteiger partial charge in [-0.3, -0.25) is 19.4 Å². The molecule has 0 spiro atoms. The van der Waals surface area contributed by atoms with E-state index in [0.717, 1.165) is 5.56 Å². The quantitative estimate of drug-likeness (QED) is 0.328. The van der Waals surface area contributed by atoms with Crippen LogP contribution in [0.2, 0.25) is 0 Å². The first-order valence-electron chi connectivity index (χ1n) is 13.2. The van der Waals surface area contributed by atoms with Gasteiger partial charge in [-0.25, -0.2) is 8.78 Å². The van der Waals surface area contributed by atoms with Gasteiger partial charge in [-0.05, 0) is 42.2 Å². The van der Waals surface area contributed by atoms with Crippen LogP contribution in [-0.2, 0) is 27.3 Å². The van der Waals surface area contributed by atoms with Gasteiger partial charge in [-0.2, -0.15) is 0 Å². The fourth-order valence-corrected chi connectivity index (χ4v) is 4.65. The van der Waals surface area contributed by atoms with E-state index in [-0.39, 0.29) is 13.0 Å². The van der Waals surface area contributed by atoms with Crippen LogP contribution in [0.4, 0.5) is 8.78 Å². The van der Waals surface area contributed by atoms with E-state index in [1.54, 1.807) is 60.8 Å². The number of hydrogen-bond donors (Lipinski definition) is 3. The number of alkyl halides is 2. The van der Waals surface area contributed by atoms with Gasteiger partial charge in [0, 0.05) is 25.4 Å². The highest BCUT2D eigenvalue weighted by Crippen LogP contribution is 2.33. The van der Waals surface area contributed by atoms with E-state index in [1.807, 2.05) is 19.1 Å². The second kappa shape index (κ2) is 13.3. The normalized spacial score (nSPS) is 17.4. The number of pyridine rings is 1. The van der Waals surface area contributed by atoms with Crippen molar-refractivity contribution in [2.24, 2.45) is 0 Å². The molecule has 0 aliphatic carbocycles. The Morgan fingerprint density at radius 3 is 2.49 bits per heavy atom.